The normalized spacial score (nSPS) is 10.5. The molecule has 14 heavy (non-hydrogen) atoms. The highest BCUT2D eigenvalue weighted by Crippen LogP contribution is 2.26. The highest BCUT2D eigenvalue weighted by atomic mass is 16.3. The smallest absolute Gasteiger partial charge is 0.134 e. The molecule has 0 aliphatic heterocycles. The Bertz CT molecular complexity index is 439. The molecule has 1 heterocycles. The number of hydrogen-bond donors (Lipinski definition) is 0. The first-order chi connectivity index (χ1) is 6.68. The van der Waals surface area contributed by atoms with Gasteiger partial charge in [-0.15, -0.1) is 0 Å². The number of rotatable bonds is 1. The van der Waals surface area contributed by atoms with Gasteiger partial charge in [0, 0.05) is 5.56 Å². The molecular formula is C13H14O. The molecule has 0 N–H and O–H groups in total. The van der Waals surface area contributed by atoms with Crippen molar-refractivity contribution in [1.29, 1.82) is 0 Å². The van der Waals surface area contributed by atoms with Crippen LogP contribution in [-0.2, 0) is 0 Å². The summed E-state index contributed by atoms with van der Waals surface area (Å²) in [6, 6.07) is 8.30. The van der Waals surface area contributed by atoms with Gasteiger partial charge in [-0.05, 0) is 55.7 Å². The van der Waals surface area contributed by atoms with Gasteiger partial charge in [0.15, 0.2) is 0 Å². The third kappa shape index (κ3) is 1.46. The number of aryl methyl sites for hydroxylation is 3. The lowest BCUT2D eigenvalue weighted by atomic mass is 9.99. The molecule has 0 unspecified atom stereocenters. The Kier molecular flexibility index (Phi) is 2.16. The van der Waals surface area contributed by atoms with Crippen molar-refractivity contribution in [2.45, 2.75) is 20.8 Å². The number of benzene rings is 1. The summed E-state index contributed by atoms with van der Waals surface area (Å²) in [7, 11) is 0. The first-order valence-electron chi connectivity index (χ1n) is 4.80. The predicted octanol–water partition coefficient (Wildman–Crippen LogP) is 3.87. The van der Waals surface area contributed by atoms with Crippen LogP contribution in [0.3, 0.4) is 0 Å². The van der Waals surface area contributed by atoms with Crippen molar-refractivity contribution in [3.05, 3.63) is 47.2 Å². The van der Waals surface area contributed by atoms with Gasteiger partial charge < -0.3 is 4.42 Å². The first kappa shape index (κ1) is 9.07. The molecule has 0 amide bonds. The van der Waals surface area contributed by atoms with Crippen LogP contribution in [0.1, 0.15) is 16.7 Å². The van der Waals surface area contributed by atoms with E-state index in [4.69, 9.17) is 4.42 Å². The Morgan fingerprint density at radius 1 is 0.929 bits per heavy atom. The molecule has 2 rings (SSSR count). The van der Waals surface area contributed by atoms with Crippen LogP contribution in [0.4, 0.5) is 0 Å². The van der Waals surface area contributed by atoms with Gasteiger partial charge in [0.2, 0.25) is 0 Å². The van der Waals surface area contributed by atoms with E-state index in [1.165, 1.54) is 22.3 Å². The second-order valence-corrected chi connectivity index (χ2v) is 3.73. The molecule has 0 bridgehead atoms. The molecule has 1 aromatic heterocycles. The standard InChI is InChI=1S/C13H14O/c1-9-7-11(3)12(8-10(9)2)13-5-4-6-14-13/h4-8H,1-3H3. The van der Waals surface area contributed by atoms with Crippen LogP contribution < -0.4 is 0 Å². The van der Waals surface area contributed by atoms with E-state index >= 15 is 0 Å². The van der Waals surface area contributed by atoms with Crippen LogP contribution in [0.25, 0.3) is 11.3 Å². The molecule has 2 aromatic rings. The third-order valence-corrected chi connectivity index (χ3v) is 2.63. The Hall–Kier alpha value is -1.50. The minimum absolute atomic E-state index is 0.950. The van der Waals surface area contributed by atoms with Crippen molar-refractivity contribution >= 4 is 0 Å². The first-order valence-corrected chi connectivity index (χ1v) is 4.80. The fraction of sp³-hybridized carbons (Fsp3) is 0.231. The van der Waals surface area contributed by atoms with Gasteiger partial charge in [-0.3, -0.25) is 0 Å². The molecule has 0 atom stereocenters. The zero-order valence-electron chi connectivity index (χ0n) is 8.79. The SMILES string of the molecule is Cc1cc(C)c(-c2ccco2)cc1C. The van der Waals surface area contributed by atoms with E-state index in [2.05, 4.69) is 32.9 Å². The summed E-state index contributed by atoms with van der Waals surface area (Å²) >= 11 is 0. The van der Waals surface area contributed by atoms with E-state index in [0.717, 1.165) is 5.76 Å². The van der Waals surface area contributed by atoms with Crippen molar-refractivity contribution in [1.82, 2.24) is 0 Å². The zero-order chi connectivity index (χ0) is 10.1. The predicted molar refractivity (Wildman–Crippen MR) is 58.4 cm³/mol. The summed E-state index contributed by atoms with van der Waals surface area (Å²) in [5.41, 5.74) is 5.10. The molecule has 0 fully saturated rings. The minimum atomic E-state index is 0.950. The van der Waals surface area contributed by atoms with Crippen molar-refractivity contribution < 1.29 is 4.42 Å². The fourth-order valence-electron chi connectivity index (χ4n) is 1.66. The van der Waals surface area contributed by atoms with Gasteiger partial charge >= 0.3 is 0 Å². The molecule has 0 aliphatic rings. The van der Waals surface area contributed by atoms with Crippen molar-refractivity contribution in [3.8, 4) is 11.3 Å². The molecule has 72 valence electrons. The lowest BCUT2D eigenvalue weighted by molar-refractivity contribution is 0.582. The van der Waals surface area contributed by atoms with E-state index in [0.29, 0.717) is 0 Å². The molecule has 1 nitrogen and oxygen atoms in total. The Morgan fingerprint density at radius 2 is 1.64 bits per heavy atom. The summed E-state index contributed by atoms with van der Waals surface area (Å²) in [5, 5.41) is 0. The quantitative estimate of drug-likeness (QED) is 0.658. The molecule has 1 aromatic carbocycles. The lowest BCUT2D eigenvalue weighted by Gasteiger charge is -2.07. The van der Waals surface area contributed by atoms with Crippen molar-refractivity contribution in [2.24, 2.45) is 0 Å². The summed E-state index contributed by atoms with van der Waals surface area (Å²) in [4.78, 5) is 0. The highest BCUT2D eigenvalue weighted by Gasteiger charge is 2.05. The molecule has 0 aliphatic carbocycles. The molecule has 0 radical (unpaired) electrons. The van der Waals surface area contributed by atoms with Crippen molar-refractivity contribution in [3.63, 3.8) is 0 Å². The van der Waals surface area contributed by atoms with Gasteiger partial charge in [0.1, 0.15) is 5.76 Å². The van der Waals surface area contributed by atoms with E-state index in [1.54, 1.807) is 6.26 Å². The van der Waals surface area contributed by atoms with Gasteiger partial charge in [0.05, 0.1) is 6.26 Å². The minimum Gasteiger partial charge on any atom is -0.464 e. The number of furan rings is 1. The highest BCUT2D eigenvalue weighted by molar-refractivity contribution is 5.63. The molecule has 0 saturated carbocycles. The van der Waals surface area contributed by atoms with Crippen molar-refractivity contribution in [2.75, 3.05) is 0 Å². The van der Waals surface area contributed by atoms with Crippen LogP contribution in [0, 0.1) is 20.8 Å². The Morgan fingerprint density at radius 3 is 2.29 bits per heavy atom. The van der Waals surface area contributed by atoms with Crippen LogP contribution in [0.2, 0.25) is 0 Å². The van der Waals surface area contributed by atoms with E-state index < -0.39 is 0 Å². The average Bonchev–Trinajstić information content (AvgIpc) is 2.64. The van der Waals surface area contributed by atoms with Gasteiger partial charge in [-0.2, -0.15) is 0 Å². The maximum absolute atomic E-state index is 5.40. The van der Waals surface area contributed by atoms with Crippen LogP contribution in [0.5, 0.6) is 0 Å². The summed E-state index contributed by atoms with van der Waals surface area (Å²) in [6.07, 6.45) is 1.71. The monoisotopic (exact) mass is 186 g/mol. The topological polar surface area (TPSA) is 13.1 Å². The second kappa shape index (κ2) is 3.33. The van der Waals surface area contributed by atoms with Gasteiger partial charge in [-0.25, -0.2) is 0 Å². The van der Waals surface area contributed by atoms with Crippen LogP contribution in [0.15, 0.2) is 34.9 Å². The largest absolute Gasteiger partial charge is 0.464 e. The van der Waals surface area contributed by atoms with Gasteiger partial charge in [-0.1, -0.05) is 6.07 Å². The zero-order valence-corrected chi connectivity index (χ0v) is 8.79. The van der Waals surface area contributed by atoms with E-state index in [9.17, 15) is 0 Å². The molecule has 1 heteroatoms. The van der Waals surface area contributed by atoms with E-state index in [1.807, 2.05) is 12.1 Å². The second-order valence-electron chi connectivity index (χ2n) is 3.73. The number of hydrogen-bond acceptors (Lipinski definition) is 1. The van der Waals surface area contributed by atoms with E-state index in [-0.39, 0.29) is 0 Å². The molecule has 0 saturated heterocycles. The Balaban J connectivity index is 2.60. The average molecular weight is 186 g/mol. The summed E-state index contributed by atoms with van der Waals surface area (Å²) < 4.78 is 5.40. The van der Waals surface area contributed by atoms with Crippen LogP contribution in [-0.4, -0.2) is 0 Å². The van der Waals surface area contributed by atoms with Crippen LogP contribution >= 0.6 is 0 Å². The summed E-state index contributed by atoms with van der Waals surface area (Å²) in [6.45, 7) is 6.37. The fourth-order valence-corrected chi connectivity index (χ4v) is 1.66. The lowest BCUT2D eigenvalue weighted by Crippen LogP contribution is -1.87. The molecule has 0 spiro atoms. The van der Waals surface area contributed by atoms with Gasteiger partial charge in [0.25, 0.3) is 0 Å². The molecular weight excluding hydrogens is 172 g/mol. The maximum atomic E-state index is 5.40. The summed E-state index contributed by atoms with van der Waals surface area (Å²) in [5.74, 6) is 0.950. The Labute approximate surface area is 84.4 Å². The maximum Gasteiger partial charge on any atom is 0.134 e. The third-order valence-electron chi connectivity index (χ3n) is 2.63.